The molecular weight excluding hydrogens is 467 g/mol. The van der Waals surface area contributed by atoms with Gasteiger partial charge in [0.1, 0.15) is 11.3 Å². The van der Waals surface area contributed by atoms with E-state index in [-0.39, 0.29) is 18.0 Å². The maximum absolute atomic E-state index is 14.3. The summed E-state index contributed by atoms with van der Waals surface area (Å²) in [6.07, 6.45) is 6.83. The van der Waals surface area contributed by atoms with Crippen LogP contribution in [0.4, 0.5) is 4.39 Å². The Balaban J connectivity index is 1.37. The lowest BCUT2D eigenvalue weighted by atomic mass is 9.90. The van der Waals surface area contributed by atoms with Crippen molar-refractivity contribution in [1.29, 1.82) is 0 Å². The minimum atomic E-state index is -1.28. The van der Waals surface area contributed by atoms with Gasteiger partial charge in [-0.25, -0.2) is 13.9 Å². The van der Waals surface area contributed by atoms with Gasteiger partial charge in [-0.2, -0.15) is 0 Å². The van der Waals surface area contributed by atoms with E-state index in [4.69, 9.17) is 9.84 Å². The summed E-state index contributed by atoms with van der Waals surface area (Å²) < 4.78 is 21.6. The van der Waals surface area contributed by atoms with E-state index >= 15 is 0 Å². The van der Waals surface area contributed by atoms with Gasteiger partial charge in [-0.3, -0.25) is 4.79 Å². The number of carbonyl (C=O) groups is 1. The second kappa shape index (κ2) is 11.0. The number of aromatic carboxylic acids is 1. The number of aryl methyl sites for hydroxylation is 2. The monoisotopic (exact) mass is 498 g/mol. The number of carboxylic acids is 1. The fourth-order valence-electron chi connectivity index (χ4n) is 4.10. The van der Waals surface area contributed by atoms with E-state index in [1.807, 2.05) is 6.92 Å². The Hall–Kier alpha value is -3.53. The summed E-state index contributed by atoms with van der Waals surface area (Å²) in [5.41, 5.74) is 0.113. The molecule has 36 heavy (non-hydrogen) atoms. The molecule has 3 N–H and O–H groups in total. The quantitative estimate of drug-likeness (QED) is 0.308. The highest BCUT2D eigenvalue weighted by atomic mass is 19.1. The van der Waals surface area contributed by atoms with Crippen LogP contribution in [0.15, 0.2) is 41.3 Å². The fourth-order valence-corrected chi connectivity index (χ4v) is 4.10. The van der Waals surface area contributed by atoms with Crippen LogP contribution in [0.25, 0.3) is 0 Å². The van der Waals surface area contributed by atoms with E-state index in [1.54, 1.807) is 29.1 Å². The second-order valence-corrected chi connectivity index (χ2v) is 9.41. The summed E-state index contributed by atoms with van der Waals surface area (Å²) in [7, 11) is 0. The molecule has 9 nitrogen and oxygen atoms in total. The van der Waals surface area contributed by atoms with Gasteiger partial charge in [0.25, 0.3) is 5.56 Å². The van der Waals surface area contributed by atoms with Gasteiger partial charge in [-0.1, -0.05) is 24.3 Å². The first-order chi connectivity index (χ1) is 17.3. The molecule has 1 aliphatic rings. The van der Waals surface area contributed by atoms with Gasteiger partial charge in [-0.05, 0) is 74.6 Å². The Morgan fingerprint density at radius 1 is 1.25 bits per heavy atom. The van der Waals surface area contributed by atoms with Gasteiger partial charge in [0.05, 0.1) is 25.0 Å². The molecule has 4 rings (SSSR count). The lowest BCUT2D eigenvalue weighted by Crippen LogP contribution is -2.32. The van der Waals surface area contributed by atoms with E-state index in [0.29, 0.717) is 49.3 Å². The van der Waals surface area contributed by atoms with Crippen LogP contribution >= 0.6 is 0 Å². The average Bonchev–Trinajstić information content (AvgIpc) is 3.60. The van der Waals surface area contributed by atoms with Gasteiger partial charge >= 0.3 is 5.97 Å². The molecule has 10 heteroatoms. The number of aliphatic hydroxyl groups is 1. The number of aromatic amines is 1. The molecule has 0 saturated heterocycles. The van der Waals surface area contributed by atoms with Crippen molar-refractivity contribution >= 4 is 5.97 Å². The number of benzene rings is 1. The Morgan fingerprint density at radius 2 is 2.03 bits per heavy atom. The number of nitrogens with one attached hydrogen (secondary N) is 1. The zero-order valence-corrected chi connectivity index (χ0v) is 20.2. The van der Waals surface area contributed by atoms with E-state index < -0.39 is 22.9 Å². The second-order valence-electron chi connectivity index (χ2n) is 9.41. The number of nitrogens with zero attached hydrogens (tertiary/aromatic N) is 3. The lowest BCUT2D eigenvalue weighted by molar-refractivity contribution is 0.00940. The van der Waals surface area contributed by atoms with Crippen LogP contribution in [0.3, 0.4) is 0 Å². The third-order valence-electron chi connectivity index (χ3n) is 6.68. The number of unbranched alkanes of at least 4 members (excludes halogenated alkanes) is 1. The number of hydrogen-bond acceptors (Lipinski definition) is 6. The van der Waals surface area contributed by atoms with E-state index in [9.17, 15) is 19.1 Å². The third-order valence-corrected chi connectivity index (χ3v) is 6.68. The first-order valence-corrected chi connectivity index (χ1v) is 12.3. The maximum atomic E-state index is 14.3. The average molecular weight is 499 g/mol. The maximum Gasteiger partial charge on any atom is 0.352 e. The Morgan fingerprint density at radius 3 is 2.72 bits per heavy atom. The van der Waals surface area contributed by atoms with Gasteiger partial charge < -0.3 is 19.9 Å². The van der Waals surface area contributed by atoms with Crippen molar-refractivity contribution in [1.82, 2.24) is 20.0 Å². The van der Waals surface area contributed by atoms with Crippen LogP contribution in [0.2, 0.25) is 0 Å². The summed E-state index contributed by atoms with van der Waals surface area (Å²) in [6, 6.07) is 7.41. The molecular formula is C26H31FN4O5. The molecule has 1 aromatic carbocycles. The number of hydrogen-bond donors (Lipinski definition) is 3. The molecule has 0 aliphatic heterocycles. The molecule has 3 aromatic rings. The molecule has 2 heterocycles. The van der Waals surface area contributed by atoms with Gasteiger partial charge in [0, 0.05) is 5.56 Å². The number of aromatic nitrogens is 4. The highest BCUT2D eigenvalue weighted by Gasteiger charge is 2.31. The number of H-pyrrole nitrogens is 1. The summed E-state index contributed by atoms with van der Waals surface area (Å²) in [5, 5.41) is 28.6. The molecule has 2 aromatic heterocycles. The van der Waals surface area contributed by atoms with Crippen LogP contribution < -0.4 is 10.3 Å². The fraction of sp³-hybridized carbons (Fsp3) is 0.462. The molecule has 0 spiro atoms. The van der Waals surface area contributed by atoms with Crippen LogP contribution in [0.5, 0.6) is 5.75 Å². The summed E-state index contributed by atoms with van der Waals surface area (Å²) in [5.74, 6) is -0.986. The Kier molecular flexibility index (Phi) is 7.83. The SMILES string of the molecule is CC[C@@](O)(Cn1nncc1CCCCc1ccc(C(=O)O)[nH]c1=O)c1ccc(F)c(OCC2CC2)c1. The molecule has 1 saturated carbocycles. The molecule has 0 unspecified atom stereocenters. The topological polar surface area (TPSA) is 130 Å². The summed E-state index contributed by atoms with van der Waals surface area (Å²) >= 11 is 0. The van der Waals surface area contributed by atoms with E-state index in [2.05, 4.69) is 15.3 Å². The first kappa shape index (κ1) is 25.6. The lowest BCUT2D eigenvalue weighted by Gasteiger charge is -2.28. The van der Waals surface area contributed by atoms with Crippen molar-refractivity contribution in [2.24, 2.45) is 5.92 Å². The minimum Gasteiger partial charge on any atom is -0.490 e. The van der Waals surface area contributed by atoms with Crippen LogP contribution in [0.1, 0.15) is 66.3 Å². The van der Waals surface area contributed by atoms with Crippen LogP contribution in [-0.4, -0.2) is 42.8 Å². The molecule has 0 bridgehead atoms. The largest absolute Gasteiger partial charge is 0.490 e. The normalized spacial score (nSPS) is 15.0. The Labute approximate surface area is 207 Å². The predicted octanol–water partition coefficient (Wildman–Crippen LogP) is 3.46. The number of carboxylic acid groups (broad SMARTS) is 1. The Bertz CT molecular complexity index is 1270. The summed E-state index contributed by atoms with van der Waals surface area (Å²) in [6.45, 7) is 2.49. The molecule has 1 fully saturated rings. The van der Waals surface area contributed by atoms with Crippen LogP contribution in [0, 0.1) is 11.7 Å². The predicted molar refractivity (Wildman–Crippen MR) is 129 cm³/mol. The zero-order valence-electron chi connectivity index (χ0n) is 20.2. The molecule has 0 radical (unpaired) electrons. The first-order valence-electron chi connectivity index (χ1n) is 12.3. The number of halogens is 1. The smallest absolute Gasteiger partial charge is 0.352 e. The summed E-state index contributed by atoms with van der Waals surface area (Å²) in [4.78, 5) is 25.4. The third kappa shape index (κ3) is 6.17. The van der Waals surface area contributed by atoms with Crippen molar-refractivity contribution in [3.63, 3.8) is 0 Å². The van der Waals surface area contributed by atoms with Crippen LogP contribution in [-0.2, 0) is 25.0 Å². The van der Waals surface area contributed by atoms with Gasteiger partial charge in [0.2, 0.25) is 0 Å². The number of rotatable bonds is 13. The molecule has 192 valence electrons. The minimum absolute atomic E-state index is 0.134. The number of pyridine rings is 1. The van der Waals surface area contributed by atoms with Crippen molar-refractivity contribution < 1.29 is 24.1 Å². The van der Waals surface area contributed by atoms with E-state index in [1.165, 1.54) is 12.1 Å². The highest BCUT2D eigenvalue weighted by molar-refractivity contribution is 5.85. The zero-order chi connectivity index (χ0) is 25.7. The van der Waals surface area contributed by atoms with Crippen molar-refractivity contribution in [3.8, 4) is 5.75 Å². The van der Waals surface area contributed by atoms with E-state index in [0.717, 1.165) is 25.0 Å². The highest BCUT2D eigenvalue weighted by Crippen LogP contribution is 2.33. The van der Waals surface area contributed by atoms with Gasteiger partial charge in [-0.15, -0.1) is 5.10 Å². The molecule has 1 aliphatic carbocycles. The van der Waals surface area contributed by atoms with Crippen molar-refractivity contribution in [2.75, 3.05) is 6.61 Å². The number of ether oxygens (including phenoxy) is 1. The molecule has 0 amide bonds. The van der Waals surface area contributed by atoms with Crippen molar-refractivity contribution in [3.05, 3.63) is 75.2 Å². The molecule has 1 atom stereocenters. The van der Waals surface area contributed by atoms with Gasteiger partial charge in [0.15, 0.2) is 11.6 Å². The standard InChI is InChI=1S/C26H31FN4O5/c1-2-26(35,19-10-11-21(27)23(13-19)36-15-17-7-8-17)16-31-20(14-28-30-31)6-4-3-5-18-9-12-22(25(33)34)29-24(18)32/h9-14,17,35H,2-8,15-16H2,1H3,(H,29,32)(H,33,34)/t26-/m1/s1. The van der Waals surface area contributed by atoms with Crippen molar-refractivity contribution in [2.45, 2.75) is 64.0 Å².